The summed E-state index contributed by atoms with van der Waals surface area (Å²) in [5.41, 5.74) is 8.58. The Labute approximate surface area is 131 Å². The van der Waals surface area contributed by atoms with Crippen LogP contribution in [-0.4, -0.2) is 31.2 Å². The molecule has 0 aliphatic carbocycles. The van der Waals surface area contributed by atoms with E-state index < -0.39 is 6.09 Å². The van der Waals surface area contributed by atoms with Crippen molar-refractivity contribution in [3.05, 3.63) is 34.0 Å². The van der Waals surface area contributed by atoms with E-state index in [0.29, 0.717) is 27.5 Å². The maximum atomic E-state index is 11.2. The average Bonchev–Trinajstić information content (AvgIpc) is 2.81. The van der Waals surface area contributed by atoms with E-state index in [1.807, 2.05) is 0 Å². The summed E-state index contributed by atoms with van der Waals surface area (Å²) in [6, 6.07) is 3.11. The number of hydrogen-bond donors (Lipinski definition) is 3. The molecule has 2 heterocycles. The first-order chi connectivity index (χ1) is 10.4. The number of amides is 1. The number of hydrogen-bond acceptors (Lipinski definition) is 5. The summed E-state index contributed by atoms with van der Waals surface area (Å²) in [6.07, 6.45) is -1.04. The van der Waals surface area contributed by atoms with Gasteiger partial charge in [-0.25, -0.2) is 14.8 Å². The summed E-state index contributed by atoms with van der Waals surface area (Å²) in [7, 11) is 0. The SMILES string of the molecule is Cc1cc(Cl)cc(O)c1-c1nc(N)nc2c1CN(C(=O)O)C2. The molecule has 1 aromatic heterocycles. The maximum absolute atomic E-state index is 11.2. The third kappa shape index (κ3) is 2.29. The number of nitrogens with two attached hydrogens (primary N) is 1. The molecule has 1 aliphatic rings. The summed E-state index contributed by atoms with van der Waals surface area (Å²) >= 11 is 5.92. The van der Waals surface area contributed by atoms with Crippen molar-refractivity contribution in [1.82, 2.24) is 14.9 Å². The monoisotopic (exact) mass is 320 g/mol. The topological polar surface area (TPSA) is 113 Å². The van der Waals surface area contributed by atoms with E-state index in [4.69, 9.17) is 22.4 Å². The molecule has 0 fully saturated rings. The van der Waals surface area contributed by atoms with Crippen LogP contribution in [0.15, 0.2) is 12.1 Å². The fraction of sp³-hybridized carbons (Fsp3) is 0.214. The molecule has 0 saturated carbocycles. The predicted molar refractivity (Wildman–Crippen MR) is 80.6 cm³/mol. The number of rotatable bonds is 1. The van der Waals surface area contributed by atoms with Crippen LogP contribution >= 0.6 is 11.6 Å². The van der Waals surface area contributed by atoms with E-state index in [1.54, 1.807) is 13.0 Å². The Kier molecular flexibility index (Phi) is 3.29. The van der Waals surface area contributed by atoms with Gasteiger partial charge in [-0.1, -0.05) is 11.6 Å². The average molecular weight is 321 g/mol. The number of carbonyl (C=O) groups is 1. The quantitative estimate of drug-likeness (QED) is 0.743. The second-order valence-corrected chi connectivity index (χ2v) is 5.55. The van der Waals surface area contributed by atoms with Crippen molar-refractivity contribution < 1.29 is 15.0 Å². The van der Waals surface area contributed by atoms with Gasteiger partial charge in [0.25, 0.3) is 0 Å². The Bertz CT molecular complexity index is 771. The van der Waals surface area contributed by atoms with Crippen LogP contribution in [0.25, 0.3) is 11.3 Å². The highest BCUT2D eigenvalue weighted by molar-refractivity contribution is 6.31. The molecule has 114 valence electrons. The normalized spacial score (nSPS) is 13.3. The summed E-state index contributed by atoms with van der Waals surface area (Å²) in [6.45, 7) is 2.09. The van der Waals surface area contributed by atoms with Crippen LogP contribution < -0.4 is 5.73 Å². The van der Waals surface area contributed by atoms with Gasteiger partial charge in [0.2, 0.25) is 5.95 Å². The fourth-order valence-electron chi connectivity index (χ4n) is 2.65. The summed E-state index contributed by atoms with van der Waals surface area (Å²) in [4.78, 5) is 20.7. The van der Waals surface area contributed by atoms with E-state index >= 15 is 0 Å². The highest BCUT2D eigenvalue weighted by Gasteiger charge is 2.29. The number of carboxylic acid groups (broad SMARTS) is 1. The number of fused-ring (bicyclic) bond motifs is 1. The van der Waals surface area contributed by atoms with Gasteiger partial charge in [0.1, 0.15) is 5.75 Å². The second kappa shape index (κ2) is 5.03. The van der Waals surface area contributed by atoms with Gasteiger partial charge in [0, 0.05) is 16.1 Å². The minimum absolute atomic E-state index is 0.0286. The Hall–Kier alpha value is -2.54. The van der Waals surface area contributed by atoms with Crippen molar-refractivity contribution in [3.63, 3.8) is 0 Å². The number of aromatic nitrogens is 2. The standard InChI is InChI=1S/C14H13ClN4O3/c1-6-2-7(15)3-10(20)11(6)12-8-4-19(14(21)22)5-9(8)17-13(16)18-12/h2-3,20H,4-5H2,1H3,(H,21,22)(H2,16,17,18). The van der Waals surface area contributed by atoms with Crippen molar-refractivity contribution in [1.29, 1.82) is 0 Å². The molecule has 1 amide bonds. The third-order valence-corrected chi connectivity index (χ3v) is 3.80. The van der Waals surface area contributed by atoms with Gasteiger partial charge in [-0.2, -0.15) is 0 Å². The molecule has 22 heavy (non-hydrogen) atoms. The molecule has 8 heteroatoms. The molecule has 0 atom stereocenters. The van der Waals surface area contributed by atoms with E-state index in [2.05, 4.69) is 9.97 Å². The van der Waals surface area contributed by atoms with Crippen LogP contribution in [-0.2, 0) is 13.1 Å². The van der Waals surface area contributed by atoms with Gasteiger partial charge in [-0.15, -0.1) is 0 Å². The molecule has 0 radical (unpaired) electrons. The Morgan fingerprint density at radius 3 is 2.73 bits per heavy atom. The Balaban J connectivity index is 2.21. The number of halogens is 1. The van der Waals surface area contributed by atoms with Crippen LogP contribution in [0.4, 0.5) is 10.7 Å². The van der Waals surface area contributed by atoms with Crippen LogP contribution in [0.1, 0.15) is 16.8 Å². The molecule has 1 aromatic carbocycles. The van der Waals surface area contributed by atoms with Gasteiger partial charge in [0.15, 0.2) is 0 Å². The number of nitrogen functional groups attached to an aromatic ring is 1. The van der Waals surface area contributed by atoms with Crippen molar-refractivity contribution in [2.45, 2.75) is 20.0 Å². The van der Waals surface area contributed by atoms with E-state index in [0.717, 1.165) is 5.56 Å². The predicted octanol–water partition coefficient (Wildman–Crippen LogP) is 2.39. The first-order valence-corrected chi connectivity index (χ1v) is 6.87. The van der Waals surface area contributed by atoms with E-state index in [1.165, 1.54) is 11.0 Å². The first kappa shape index (κ1) is 14.4. The third-order valence-electron chi connectivity index (χ3n) is 3.59. The van der Waals surface area contributed by atoms with E-state index in [-0.39, 0.29) is 24.8 Å². The highest BCUT2D eigenvalue weighted by Crippen LogP contribution is 2.39. The number of phenolic OH excluding ortho intramolecular Hbond substituents is 1. The minimum atomic E-state index is -1.04. The van der Waals surface area contributed by atoms with Crippen molar-refractivity contribution in [3.8, 4) is 17.0 Å². The molecule has 0 bridgehead atoms. The number of nitrogens with zero attached hydrogens (tertiary/aromatic N) is 3. The van der Waals surface area contributed by atoms with Crippen molar-refractivity contribution in [2.24, 2.45) is 0 Å². The highest BCUT2D eigenvalue weighted by atomic mass is 35.5. The molecule has 1 aliphatic heterocycles. The summed E-state index contributed by atoms with van der Waals surface area (Å²) in [5.74, 6) is 0.00816. The Morgan fingerprint density at radius 1 is 1.36 bits per heavy atom. The lowest BCUT2D eigenvalue weighted by molar-refractivity contribution is 0.145. The zero-order chi connectivity index (χ0) is 16.0. The van der Waals surface area contributed by atoms with E-state index in [9.17, 15) is 9.90 Å². The lowest BCUT2D eigenvalue weighted by Gasteiger charge is -2.13. The molecule has 4 N–H and O–H groups in total. The molecular formula is C14H13ClN4O3. The molecule has 3 rings (SSSR count). The number of phenols is 1. The molecule has 0 spiro atoms. The van der Waals surface area contributed by atoms with Gasteiger partial charge in [-0.05, 0) is 24.6 Å². The summed E-state index contributed by atoms with van der Waals surface area (Å²) < 4.78 is 0. The number of anilines is 1. The summed E-state index contributed by atoms with van der Waals surface area (Å²) in [5, 5.41) is 19.8. The van der Waals surface area contributed by atoms with Gasteiger partial charge in [-0.3, -0.25) is 4.90 Å². The second-order valence-electron chi connectivity index (χ2n) is 5.11. The zero-order valence-corrected chi connectivity index (χ0v) is 12.4. The first-order valence-electron chi connectivity index (χ1n) is 6.49. The smallest absolute Gasteiger partial charge is 0.407 e. The maximum Gasteiger partial charge on any atom is 0.407 e. The minimum Gasteiger partial charge on any atom is -0.507 e. The molecule has 7 nitrogen and oxygen atoms in total. The van der Waals surface area contributed by atoms with Crippen LogP contribution in [0.2, 0.25) is 5.02 Å². The molecular weight excluding hydrogens is 308 g/mol. The van der Waals surface area contributed by atoms with Gasteiger partial charge >= 0.3 is 6.09 Å². The zero-order valence-electron chi connectivity index (χ0n) is 11.7. The largest absolute Gasteiger partial charge is 0.507 e. The Morgan fingerprint density at radius 2 is 2.09 bits per heavy atom. The number of aromatic hydroxyl groups is 1. The van der Waals surface area contributed by atoms with Crippen molar-refractivity contribution in [2.75, 3.05) is 5.73 Å². The lowest BCUT2D eigenvalue weighted by atomic mass is 10.00. The fourth-order valence-corrected chi connectivity index (χ4v) is 2.92. The van der Waals surface area contributed by atoms with Gasteiger partial charge in [0.05, 0.1) is 24.5 Å². The van der Waals surface area contributed by atoms with Crippen LogP contribution in [0.5, 0.6) is 5.75 Å². The molecule has 0 unspecified atom stereocenters. The number of aryl methyl sites for hydroxylation is 1. The molecule has 2 aromatic rings. The molecule has 0 saturated heterocycles. The lowest BCUT2D eigenvalue weighted by Crippen LogP contribution is -2.22. The van der Waals surface area contributed by atoms with Crippen LogP contribution in [0.3, 0.4) is 0 Å². The number of benzene rings is 1. The van der Waals surface area contributed by atoms with Gasteiger partial charge < -0.3 is 15.9 Å². The van der Waals surface area contributed by atoms with Crippen molar-refractivity contribution >= 4 is 23.6 Å². The van der Waals surface area contributed by atoms with Crippen LogP contribution in [0, 0.1) is 6.92 Å².